The SMILES string of the molecule is O=C(O)N([C@@H]1CN2CCC1CC2)C1(c2ccc(-c3ccc(F)cc3F)cc2)CC1. The average Bonchev–Trinajstić information content (AvgIpc) is 3.50. The molecule has 1 amide bonds. The van der Waals surface area contributed by atoms with Gasteiger partial charge in [-0.1, -0.05) is 24.3 Å². The van der Waals surface area contributed by atoms with Gasteiger partial charge >= 0.3 is 6.09 Å². The highest BCUT2D eigenvalue weighted by Gasteiger charge is 2.56. The molecule has 6 rings (SSSR count). The highest BCUT2D eigenvalue weighted by atomic mass is 19.1. The number of amides is 1. The fraction of sp³-hybridized carbons (Fsp3) is 0.435. The minimum absolute atomic E-state index is 0.0340. The molecule has 29 heavy (non-hydrogen) atoms. The van der Waals surface area contributed by atoms with Crippen molar-refractivity contribution in [1.29, 1.82) is 0 Å². The summed E-state index contributed by atoms with van der Waals surface area (Å²) in [4.78, 5) is 16.4. The Labute approximate surface area is 168 Å². The highest BCUT2D eigenvalue weighted by molar-refractivity contribution is 5.69. The number of hydrogen-bond donors (Lipinski definition) is 1. The first-order valence-corrected chi connectivity index (χ1v) is 10.3. The molecule has 4 fully saturated rings. The summed E-state index contributed by atoms with van der Waals surface area (Å²) in [5, 5.41) is 10.1. The summed E-state index contributed by atoms with van der Waals surface area (Å²) in [6.07, 6.45) is 2.90. The van der Waals surface area contributed by atoms with Crippen LogP contribution in [-0.2, 0) is 5.54 Å². The zero-order chi connectivity index (χ0) is 20.2. The van der Waals surface area contributed by atoms with Gasteiger partial charge in [0.25, 0.3) is 0 Å². The standard InChI is InChI=1S/C23H24F2N2O2/c24-18-5-6-19(20(25)13-18)15-1-3-17(4-2-15)23(9-10-23)27(22(28)29)21-14-26-11-7-16(21)8-12-26/h1-6,13,16,21H,7-12,14H2,(H,28,29)/t21-/m1/s1. The quantitative estimate of drug-likeness (QED) is 0.812. The Kier molecular flexibility index (Phi) is 4.35. The third-order valence-electron chi connectivity index (χ3n) is 7.01. The van der Waals surface area contributed by atoms with Crippen molar-refractivity contribution in [2.24, 2.45) is 5.92 Å². The molecule has 152 valence electrons. The highest BCUT2D eigenvalue weighted by Crippen LogP contribution is 2.54. The lowest BCUT2D eigenvalue weighted by Gasteiger charge is -2.50. The third-order valence-corrected chi connectivity index (χ3v) is 7.01. The number of nitrogens with zero attached hydrogens (tertiary/aromatic N) is 2. The summed E-state index contributed by atoms with van der Waals surface area (Å²) in [5.41, 5.74) is 1.49. The Morgan fingerprint density at radius 3 is 2.28 bits per heavy atom. The number of benzene rings is 2. The van der Waals surface area contributed by atoms with Crippen LogP contribution in [0.25, 0.3) is 11.1 Å². The minimum Gasteiger partial charge on any atom is -0.465 e. The maximum Gasteiger partial charge on any atom is 0.408 e. The van der Waals surface area contributed by atoms with Crippen molar-refractivity contribution >= 4 is 6.09 Å². The molecule has 1 atom stereocenters. The maximum absolute atomic E-state index is 14.1. The fourth-order valence-corrected chi connectivity index (χ4v) is 5.34. The van der Waals surface area contributed by atoms with Gasteiger partial charge in [-0.3, -0.25) is 4.90 Å². The Hall–Kier alpha value is -2.47. The lowest BCUT2D eigenvalue weighted by molar-refractivity contribution is -0.0131. The van der Waals surface area contributed by atoms with E-state index in [1.54, 1.807) is 4.90 Å². The predicted octanol–water partition coefficient (Wildman–Crippen LogP) is 4.70. The molecular formula is C23H24F2N2O2. The molecule has 0 radical (unpaired) electrons. The second kappa shape index (κ2) is 6.80. The largest absolute Gasteiger partial charge is 0.465 e. The zero-order valence-electron chi connectivity index (χ0n) is 16.2. The zero-order valence-corrected chi connectivity index (χ0v) is 16.2. The van der Waals surface area contributed by atoms with Crippen LogP contribution in [0.3, 0.4) is 0 Å². The van der Waals surface area contributed by atoms with Gasteiger partial charge in [-0.05, 0) is 68.0 Å². The molecule has 2 bridgehead atoms. The Morgan fingerprint density at radius 2 is 1.76 bits per heavy atom. The second-order valence-electron chi connectivity index (χ2n) is 8.59. The molecule has 1 aliphatic carbocycles. The maximum atomic E-state index is 14.1. The Balaban J connectivity index is 1.45. The molecule has 1 N–H and O–H groups in total. The molecule has 3 aliphatic heterocycles. The van der Waals surface area contributed by atoms with Crippen molar-refractivity contribution in [3.63, 3.8) is 0 Å². The first kappa shape index (κ1) is 18.6. The molecular weight excluding hydrogens is 374 g/mol. The van der Waals surface area contributed by atoms with E-state index < -0.39 is 23.3 Å². The molecule has 6 heteroatoms. The number of rotatable bonds is 4. The van der Waals surface area contributed by atoms with E-state index >= 15 is 0 Å². The van der Waals surface area contributed by atoms with Crippen LogP contribution in [0.1, 0.15) is 31.2 Å². The summed E-state index contributed by atoms with van der Waals surface area (Å²) < 4.78 is 27.3. The molecule has 0 unspecified atom stereocenters. The molecule has 2 aromatic carbocycles. The van der Waals surface area contributed by atoms with Crippen LogP contribution in [0.4, 0.5) is 13.6 Å². The van der Waals surface area contributed by atoms with Gasteiger partial charge in [0.05, 0.1) is 11.6 Å². The van der Waals surface area contributed by atoms with E-state index in [2.05, 4.69) is 4.90 Å². The van der Waals surface area contributed by atoms with Crippen LogP contribution in [0, 0.1) is 17.6 Å². The number of carboxylic acid groups (broad SMARTS) is 1. The van der Waals surface area contributed by atoms with Gasteiger partial charge in [0.2, 0.25) is 0 Å². The van der Waals surface area contributed by atoms with Crippen molar-refractivity contribution in [2.75, 3.05) is 19.6 Å². The van der Waals surface area contributed by atoms with Gasteiger partial charge in [-0.15, -0.1) is 0 Å². The van der Waals surface area contributed by atoms with Crippen molar-refractivity contribution in [3.8, 4) is 11.1 Å². The van der Waals surface area contributed by atoms with E-state index in [0.29, 0.717) is 17.0 Å². The summed E-state index contributed by atoms with van der Waals surface area (Å²) in [6.45, 7) is 2.96. The van der Waals surface area contributed by atoms with Crippen LogP contribution in [0.15, 0.2) is 42.5 Å². The number of piperidine rings is 3. The smallest absolute Gasteiger partial charge is 0.408 e. The van der Waals surface area contributed by atoms with Gasteiger partial charge in [0, 0.05) is 18.2 Å². The summed E-state index contributed by atoms with van der Waals surface area (Å²) in [5.74, 6) is -0.770. The van der Waals surface area contributed by atoms with E-state index in [1.165, 1.54) is 12.1 Å². The molecule has 0 spiro atoms. The van der Waals surface area contributed by atoms with Gasteiger partial charge in [-0.25, -0.2) is 13.6 Å². The van der Waals surface area contributed by atoms with Crippen molar-refractivity contribution < 1.29 is 18.7 Å². The average molecular weight is 398 g/mol. The third kappa shape index (κ3) is 3.10. The molecule has 4 aliphatic rings. The van der Waals surface area contributed by atoms with Crippen molar-refractivity contribution in [2.45, 2.75) is 37.3 Å². The number of fused-ring (bicyclic) bond motifs is 3. The van der Waals surface area contributed by atoms with Crippen LogP contribution in [0.5, 0.6) is 0 Å². The summed E-state index contributed by atoms with van der Waals surface area (Å²) >= 11 is 0. The topological polar surface area (TPSA) is 43.8 Å². The van der Waals surface area contributed by atoms with Crippen LogP contribution >= 0.6 is 0 Å². The van der Waals surface area contributed by atoms with Gasteiger partial charge in [0.1, 0.15) is 11.6 Å². The Morgan fingerprint density at radius 1 is 1.07 bits per heavy atom. The van der Waals surface area contributed by atoms with Gasteiger partial charge < -0.3 is 10.0 Å². The summed E-state index contributed by atoms with van der Waals surface area (Å²) in [6, 6.07) is 11.0. The lowest BCUT2D eigenvalue weighted by atomic mass is 9.82. The van der Waals surface area contributed by atoms with E-state index in [0.717, 1.165) is 56.9 Å². The van der Waals surface area contributed by atoms with Crippen LogP contribution in [-0.4, -0.2) is 46.7 Å². The minimum atomic E-state index is -0.852. The normalized spacial score (nSPS) is 26.9. The number of hydrogen-bond acceptors (Lipinski definition) is 2. The predicted molar refractivity (Wildman–Crippen MR) is 106 cm³/mol. The van der Waals surface area contributed by atoms with Gasteiger partial charge in [-0.2, -0.15) is 0 Å². The van der Waals surface area contributed by atoms with E-state index in [4.69, 9.17) is 0 Å². The van der Waals surface area contributed by atoms with E-state index in [-0.39, 0.29) is 6.04 Å². The first-order valence-electron chi connectivity index (χ1n) is 10.3. The number of halogens is 2. The van der Waals surface area contributed by atoms with Crippen molar-refractivity contribution in [3.05, 3.63) is 59.7 Å². The first-order chi connectivity index (χ1) is 14.0. The summed E-state index contributed by atoms with van der Waals surface area (Å²) in [7, 11) is 0. The molecule has 4 nitrogen and oxygen atoms in total. The van der Waals surface area contributed by atoms with Crippen LogP contribution in [0.2, 0.25) is 0 Å². The van der Waals surface area contributed by atoms with E-state index in [1.807, 2.05) is 24.3 Å². The molecule has 1 saturated carbocycles. The molecule has 3 heterocycles. The second-order valence-corrected chi connectivity index (χ2v) is 8.59. The molecule has 0 aromatic heterocycles. The molecule has 3 saturated heterocycles. The van der Waals surface area contributed by atoms with Crippen molar-refractivity contribution in [1.82, 2.24) is 9.80 Å². The number of carbonyl (C=O) groups is 1. The van der Waals surface area contributed by atoms with Gasteiger partial charge in [0.15, 0.2) is 0 Å². The lowest BCUT2D eigenvalue weighted by Crippen LogP contribution is -2.61. The Bertz CT molecular complexity index is 934. The van der Waals surface area contributed by atoms with Crippen LogP contribution < -0.4 is 0 Å². The van der Waals surface area contributed by atoms with E-state index in [9.17, 15) is 18.7 Å². The molecule has 2 aromatic rings. The monoisotopic (exact) mass is 398 g/mol. The fourth-order valence-electron chi connectivity index (χ4n) is 5.34.